The molecule has 3 rings (SSSR count). The molecule has 150 valence electrons. The van der Waals surface area contributed by atoms with Crippen LogP contribution in [0.1, 0.15) is 25.3 Å². The molecule has 3 aromatic rings. The van der Waals surface area contributed by atoms with Gasteiger partial charge in [-0.1, -0.05) is 25.5 Å². The first-order valence-electron chi connectivity index (χ1n) is 9.50. The minimum Gasteiger partial charge on any atom is -0.497 e. The van der Waals surface area contributed by atoms with Crippen molar-refractivity contribution in [1.82, 2.24) is 4.98 Å². The topological polar surface area (TPSA) is 60.5 Å². The van der Waals surface area contributed by atoms with Crippen LogP contribution >= 0.6 is 11.3 Å². The summed E-state index contributed by atoms with van der Waals surface area (Å²) in [6.45, 7) is 2.83. The molecule has 0 unspecified atom stereocenters. The SMILES string of the molecule is CCCCOc1cccc(/C=C\C(=O)Nc2nc(-c3ccc(OC)cc3)cs2)c1. The third kappa shape index (κ3) is 6.19. The molecule has 0 spiro atoms. The third-order valence-electron chi connectivity index (χ3n) is 4.17. The number of nitrogens with one attached hydrogen (secondary N) is 1. The number of hydrogen-bond donors (Lipinski definition) is 1. The molecule has 0 aliphatic carbocycles. The Morgan fingerprint density at radius 1 is 1.17 bits per heavy atom. The maximum absolute atomic E-state index is 12.2. The third-order valence-corrected chi connectivity index (χ3v) is 4.93. The Morgan fingerprint density at radius 2 is 2.00 bits per heavy atom. The first-order valence-corrected chi connectivity index (χ1v) is 10.4. The van der Waals surface area contributed by atoms with Gasteiger partial charge < -0.3 is 9.47 Å². The number of methoxy groups -OCH3 is 1. The van der Waals surface area contributed by atoms with Crippen molar-refractivity contribution in [2.45, 2.75) is 19.8 Å². The van der Waals surface area contributed by atoms with Crippen LogP contribution in [0, 0.1) is 0 Å². The van der Waals surface area contributed by atoms with Gasteiger partial charge in [-0.3, -0.25) is 10.1 Å². The summed E-state index contributed by atoms with van der Waals surface area (Å²) in [6, 6.07) is 15.3. The van der Waals surface area contributed by atoms with Crippen LogP contribution in [-0.4, -0.2) is 24.6 Å². The molecule has 1 N–H and O–H groups in total. The highest BCUT2D eigenvalue weighted by Gasteiger charge is 2.07. The number of carbonyl (C=O) groups excluding carboxylic acids is 1. The van der Waals surface area contributed by atoms with Gasteiger partial charge in [-0.05, 0) is 54.5 Å². The van der Waals surface area contributed by atoms with Gasteiger partial charge in [-0.25, -0.2) is 4.98 Å². The number of rotatable bonds is 9. The van der Waals surface area contributed by atoms with E-state index in [2.05, 4.69) is 17.2 Å². The van der Waals surface area contributed by atoms with Gasteiger partial charge in [0, 0.05) is 17.0 Å². The minimum atomic E-state index is -0.224. The fourth-order valence-corrected chi connectivity index (χ4v) is 3.31. The second kappa shape index (κ2) is 10.4. The van der Waals surface area contributed by atoms with Crippen molar-refractivity contribution in [3.63, 3.8) is 0 Å². The maximum Gasteiger partial charge on any atom is 0.250 e. The van der Waals surface area contributed by atoms with Crippen LogP contribution in [0.5, 0.6) is 11.5 Å². The molecule has 29 heavy (non-hydrogen) atoms. The van der Waals surface area contributed by atoms with Gasteiger partial charge >= 0.3 is 0 Å². The van der Waals surface area contributed by atoms with Gasteiger partial charge in [-0.15, -0.1) is 11.3 Å². The van der Waals surface area contributed by atoms with Crippen LogP contribution in [0.4, 0.5) is 5.13 Å². The lowest BCUT2D eigenvalue weighted by molar-refractivity contribution is -0.111. The number of ether oxygens (including phenoxy) is 2. The van der Waals surface area contributed by atoms with Crippen LogP contribution in [0.25, 0.3) is 17.3 Å². The zero-order chi connectivity index (χ0) is 20.5. The fourth-order valence-electron chi connectivity index (χ4n) is 2.59. The molecular formula is C23H24N2O3S. The summed E-state index contributed by atoms with van der Waals surface area (Å²) in [5, 5.41) is 5.28. The van der Waals surface area contributed by atoms with E-state index in [1.54, 1.807) is 13.2 Å². The molecule has 0 saturated carbocycles. The average Bonchev–Trinajstić information content (AvgIpc) is 3.21. The molecule has 0 aliphatic heterocycles. The van der Waals surface area contributed by atoms with Crippen molar-refractivity contribution in [3.8, 4) is 22.8 Å². The molecule has 0 fully saturated rings. The van der Waals surface area contributed by atoms with E-state index in [0.29, 0.717) is 11.7 Å². The van der Waals surface area contributed by atoms with Gasteiger partial charge in [0.05, 0.1) is 19.4 Å². The van der Waals surface area contributed by atoms with E-state index < -0.39 is 0 Å². The van der Waals surface area contributed by atoms with Crippen LogP contribution in [0.3, 0.4) is 0 Å². The second-order valence-electron chi connectivity index (χ2n) is 6.36. The van der Waals surface area contributed by atoms with E-state index in [0.717, 1.165) is 41.2 Å². The van der Waals surface area contributed by atoms with Crippen molar-refractivity contribution in [2.75, 3.05) is 19.0 Å². The standard InChI is InChI=1S/C23H24N2O3S/c1-3-4-14-28-20-7-5-6-17(15-20)8-13-22(26)25-23-24-21(16-29-23)18-9-11-19(27-2)12-10-18/h5-13,15-16H,3-4,14H2,1-2H3,(H,24,25,26)/b13-8-. The summed E-state index contributed by atoms with van der Waals surface area (Å²) in [5.74, 6) is 1.38. The predicted molar refractivity (Wildman–Crippen MR) is 119 cm³/mol. The Balaban J connectivity index is 1.58. The fraction of sp³-hybridized carbons (Fsp3) is 0.217. The van der Waals surface area contributed by atoms with Crippen molar-refractivity contribution < 1.29 is 14.3 Å². The second-order valence-corrected chi connectivity index (χ2v) is 7.22. The van der Waals surface area contributed by atoms with Crippen LogP contribution in [0.15, 0.2) is 60.0 Å². The molecule has 1 heterocycles. The van der Waals surface area contributed by atoms with E-state index in [9.17, 15) is 4.79 Å². The van der Waals surface area contributed by atoms with E-state index in [1.165, 1.54) is 17.4 Å². The Hall–Kier alpha value is -3.12. The lowest BCUT2D eigenvalue weighted by Gasteiger charge is -2.05. The van der Waals surface area contributed by atoms with Gasteiger partial charge in [0.1, 0.15) is 11.5 Å². The highest BCUT2D eigenvalue weighted by molar-refractivity contribution is 7.14. The summed E-state index contributed by atoms with van der Waals surface area (Å²) in [7, 11) is 1.63. The Labute approximate surface area is 175 Å². The number of nitrogens with zero attached hydrogens (tertiary/aromatic N) is 1. The number of anilines is 1. The van der Waals surface area contributed by atoms with E-state index in [-0.39, 0.29) is 5.91 Å². The van der Waals surface area contributed by atoms with Crippen LogP contribution in [0.2, 0.25) is 0 Å². The number of unbranched alkanes of at least 4 members (excludes halogenated alkanes) is 1. The van der Waals surface area contributed by atoms with Gasteiger partial charge in [0.2, 0.25) is 5.91 Å². The van der Waals surface area contributed by atoms with Gasteiger partial charge in [-0.2, -0.15) is 0 Å². The summed E-state index contributed by atoms with van der Waals surface area (Å²) >= 11 is 1.39. The Morgan fingerprint density at radius 3 is 2.76 bits per heavy atom. The number of amides is 1. The zero-order valence-electron chi connectivity index (χ0n) is 16.6. The predicted octanol–water partition coefficient (Wildman–Crippen LogP) is 5.65. The van der Waals surface area contributed by atoms with E-state index >= 15 is 0 Å². The number of carbonyl (C=O) groups is 1. The number of benzene rings is 2. The van der Waals surface area contributed by atoms with E-state index in [4.69, 9.17) is 9.47 Å². The maximum atomic E-state index is 12.2. The van der Waals surface area contributed by atoms with Crippen molar-refractivity contribution in [2.24, 2.45) is 0 Å². The largest absolute Gasteiger partial charge is 0.497 e. The summed E-state index contributed by atoms with van der Waals surface area (Å²) in [4.78, 5) is 16.7. The monoisotopic (exact) mass is 408 g/mol. The Kier molecular flexibility index (Phi) is 7.41. The molecule has 0 bridgehead atoms. The molecule has 6 heteroatoms. The zero-order valence-corrected chi connectivity index (χ0v) is 17.4. The summed E-state index contributed by atoms with van der Waals surface area (Å²) in [5.41, 5.74) is 2.69. The van der Waals surface area contributed by atoms with Crippen molar-refractivity contribution >= 4 is 28.5 Å². The lowest BCUT2D eigenvalue weighted by Crippen LogP contribution is -2.07. The number of aromatic nitrogens is 1. The van der Waals surface area contributed by atoms with E-state index in [1.807, 2.05) is 53.9 Å². The van der Waals surface area contributed by atoms with Crippen molar-refractivity contribution in [1.29, 1.82) is 0 Å². The molecule has 0 saturated heterocycles. The molecule has 0 aliphatic rings. The minimum absolute atomic E-state index is 0.224. The highest BCUT2D eigenvalue weighted by Crippen LogP contribution is 2.26. The average molecular weight is 409 g/mol. The first kappa shape index (κ1) is 20.6. The summed E-state index contributed by atoms with van der Waals surface area (Å²) < 4.78 is 10.9. The highest BCUT2D eigenvalue weighted by atomic mass is 32.1. The first-order chi connectivity index (χ1) is 14.2. The summed E-state index contributed by atoms with van der Waals surface area (Å²) in [6.07, 6.45) is 5.38. The normalized spacial score (nSPS) is 10.8. The molecule has 5 nitrogen and oxygen atoms in total. The number of hydrogen-bond acceptors (Lipinski definition) is 5. The van der Waals surface area contributed by atoms with Crippen LogP contribution < -0.4 is 14.8 Å². The molecule has 0 atom stereocenters. The number of thiazole rings is 1. The lowest BCUT2D eigenvalue weighted by atomic mass is 10.2. The Bertz CT molecular complexity index is 964. The quantitative estimate of drug-likeness (QED) is 0.367. The molecular weight excluding hydrogens is 384 g/mol. The molecule has 2 aromatic carbocycles. The van der Waals surface area contributed by atoms with Crippen molar-refractivity contribution in [3.05, 3.63) is 65.6 Å². The molecule has 1 aromatic heterocycles. The van der Waals surface area contributed by atoms with Gasteiger partial charge in [0.15, 0.2) is 5.13 Å². The van der Waals surface area contributed by atoms with Crippen LogP contribution in [-0.2, 0) is 4.79 Å². The smallest absolute Gasteiger partial charge is 0.250 e. The van der Waals surface area contributed by atoms with Gasteiger partial charge in [0.25, 0.3) is 0 Å². The molecule has 0 radical (unpaired) electrons. The molecule has 1 amide bonds.